The Morgan fingerprint density at radius 2 is 2.03 bits per heavy atom. The zero-order chi connectivity index (χ0) is 23.3. The smallest absolute Gasteiger partial charge is 0.290 e. The van der Waals surface area contributed by atoms with Crippen molar-refractivity contribution in [1.82, 2.24) is 25.6 Å². The summed E-state index contributed by atoms with van der Waals surface area (Å²) in [6.45, 7) is 3.49. The lowest BCUT2D eigenvalue weighted by Crippen LogP contribution is -2.38. The first-order chi connectivity index (χ1) is 16.6. The van der Waals surface area contributed by atoms with Crippen molar-refractivity contribution in [3.05, 3.63) is 65.3 Å². The van der Waals surface area contributed by atoms with Gasteiger partial charge in [0.2, 0.25) is 5.95 Å². The SMILES string of the molecule is O=C1NC(=O)C(=Cc2ccnc(N3CCC(CNCc4ccnc(-c5ccoc5)c4)CC3)n2)S1. The normalized spacial score (nSPS) is 18.0. The highest BCUT2D eigenvalue weighted by molar-refractivity contribution is 8.18. The van der Waals surface area contributed by atoms with Crippen LogP contribution in [-0.2, 0) is 11.3 Å². The molecule has 2 aliphatic rings. The molecule has 34 heavy (non-hydrogen) atoms. The molecule has 0 aromatic carbocycles. The van der Waals surface area contributed by atoms with E-state index >= 15 is 0 Å². The summed E-state index contributed by atoms with van der Waals surface area (Å²) in [4.78, 5) is 39.1. The van der Waals surface area contributed by atoms with Gasteiger partial charge in [0, 0.05) is 37.6 Å². The number of hydrogen-bond acceptors (Lipinski definition) is 9. The summed E-state index contributed by atoms with van der Waals surface area (Å²) in [5.41, 5.74) is 3.71. The van der Waals surface area contributed by atoms with Crippen LogP contribution in [0, 0.1) is 5.92 Å². The fourth-order valence-electron chi connectivity index (χ4n) is 4.06. The van der Waals surface area contributed by atoms with E-state index in [1.807, 2.05) is 18.3 Å². The maximum atomic E-state index is 11.8. The Bertz CT molecular complexity index is 1200. The molecule has 2 aliphatic heterocycles. The highest BCUT2D eigenvalue weighted by atomic mass is 32.2. The number of hydrogen-bond donors (Lipinski definition) is 2. The molecule has 2 fully saturated rings. The van der Waals surface area contributed by atoms with Crippen molar-refractivity contribution in [2.45, 2.75) is 19.4 Å². The van der Waals surface area contributed by atoms with Crippen LogP contribution in [0.1, 0.15) is 24.1 Å². The Balaban J connectivity index is 1.11. The molecule has 9 nitrogen and oxygen atoms in total. The standard InChI is InChI=1S/C24H24N6O3S/c31-22-21(34-24(32)29-22)12-19-2-7-27-23(28-19)30-8-3-16(4-9-30)13-25-14-17-1-6-26-20(11-17)18-5-10-33-15-18/h1-2,5-7,10-12,15-16,25H,3-4,8-9,13-14H2,(H,29,31,32). The number of rotatable bonds is 7. The van der Waals surface area contributed by atoms with Gasteiger partial charge in [0.1, 0.15) is 0 Å². The average Bonchev–Trinajstić information content (AvgIpc) is 3.50. The van der Waals surface area contributed by atoms with E-state index in [1.165, 1.54) is 5.56 Å². The van der Waals surface area contributed by atoms with Gasteiger partial charge in [-0.15, -0.1) is 0 Å². The zero-order valence-corrected chi connectivity index (χ0v) is 19.3. The summed E-state index contributed by atoms with van der Waals surface area (Å²) in [5.74, 6) is 0.855. The molecule has 5 heterocycles. The Kier molecular flexibility index (Phi) is 6.68. The van der Waals surface area contributed by atoms with Crippen LogP contribution in [-0.4, -0.2) is 45.7 Å². The molecule has 2 N–H and O–H groups in total. The van der Waals surface area contributed by atoms with Crippen molar-refractivity contribution in [3.63, 3.8) is 0 Å². The van der Waals surface area contributed by atoms with Crippen molar-refractivity contribution in [2.75, 3.05) is 24.5 Å². The third-order valence-corrected chi connectivity index (χ3v) is 6.70. The average molecular weight is 477 g/mol. The van der Waals surface area contributed by atoms with Crippen LogP contribution in [0.5, 0.6) is 0 Å². The van der Waals surface area contributed by atoms with Crippen LogP contribution in [0.2, 0.25) is 0 Å². The maximum Gasteiger partial charge on any atom is 0.290 e. The number of nitrogens with zero attached hydrogens (tertiary/aromatic N) is 4. The second-order valence-electron chi connectivity index (χ2n) is 8.26. The second kappa shape index (κ2) is 10.2. The topological polar surface area (TPSA) is 113 Å². The fraction of sp³-hybridized carbons (Fsp3) is 0.292. The predicted molar refractivity (Wildman–Crippen MR) is 130 cm³/mol. The van der Waals surface area contributed by atoms with E-state index in [4.69, 9.17) is 4.42 Å². The van der Waals surface area contributed by atoms with Gasteiger partial charge in [-0.1, -0.05) is 0 Å². The van der Waals surface area contributed by atoms with Gasteiger partial charge in [0.05, 0.1) is 28.8 Å². The third-order valence-electron chi connectivity index (χ3n) is 5.89. The first kappa shape index (κ1) is 22.3. The molecule has 0 atom stereocenters. The predicted octanol–water partition coefficient (Wildman–Crippen LogP) is 3.46. The van der Waals surface area contributed by atoms with E-state index in [-0.39, 0.29) is 11.1 Å². The van der Waals surface area contributed by atoms with Crippen molar-refractivity contribution in [3.8, 4) is 11.3 Å². The molecule has 3 aromatic rings. The number of nitrogens with one attached hydrogen (secondary N) is 2. The highest BCUT2D eigenvalue weighted by Gasteiger charge is 2.25. The minimum Gasteiger partial charge on any atom is -0.472 e. The Labute approximate surface area is 201 Å². The summed E-state index contributed by atoms with van der Waals surface area (Å²) in [6, 6.07) is 7.77. The van der Waals surface area contributed by atoms with E-state index in [0.29, 0.717) is 22.5 Å². The minimum absolute atomic E-state index is 0.352. The lowest BCUT2D eigenvalue weighted by molar-refractivity contribution is -0.115. The lowest BCUT2D eigenvalue weighted by Gasteiger charge is -2.32. The number of carbonyl (C=O) groups excluding carboxylic acids is 2. The molecule has 0 unspecified atom stereocenters. The van der Waals surface area contributed by atoms with Gasteiger partial charge in [-0.3, -0.25) is 19.9 Å². The first-order valence-corrected chi connectivity index (χ1v) is 12.0. The summed E-state index contributed by atoms with van der Waals surface area (Å²) in [7, 11) is 0. The van der Waals surface area contributed by atoms with E-state index in [2.05, 4.69) is 36.6 Å². The molecule has 174 valence electrons. The van der Waals surface area contributed by atoms with Crippen LogP contribution in [0.3, 0.4) is 0 Å². The molecular weight excluding hydrogens is 452 g/mol. The molecule has 0 saturated carbocycles. The van der Waals surface area contributed by atoms with Crippen molar-refractivity contribution in [2.24, 2.45) is 5.92 Å². The number of thioether (sulfide) groups is 1. The minimum atomic E-state index is -0.382. The van der Waals surface area contributed by atoms with Gasteiger partial charge in [0.15, 0.2) is 0 Å². The zero-order valence-electron chi connectivity index (χ0n) is 18.4. The van der Waals surface area contributed by atoms with Crippen LogP contribution in [0.4, 0.5) is 10.7 Å². The van der Waals surface area contributed by atoms with Crippen molar-refractivity contribution >= 4 is 34.9 Å². The van der Waals surface area contributed by atoms with E-state index in [9.17, 15) is 9.59 Å². The largest absolute Gasteiger partial charge is 0.472 e. The first-order valence-electron chi connectivity index (χ1n) is 11.1. The summed E-state index contributed by atoms with van der Waals surface area (Å²) in [5, 5.41) is 5.48. The summed E-state index contributed by atoms with van der Waals surface area (Å²) in [6.07, 6.45) is 10.6. The van der Waals surface area contributed by atoms with E-state index < -0.39 is 0 Å². The van der Waals surface area contributed by atoms with Gasteiger partial charge in [-0.25, -0.2) is 9.97 Å². The molecule has 0 aliphatic carbocycles. The summed E-state index contributed by atoms with van der Waals surface area (Å²) >= 11 is 0.889. The van der Waals surface area contributed by atoms with Gasteiger partial charge in [-0.05, 0) is 73.0 Å². The van der Waals surface area contributed by atoms with Crippen LogP contribution < -0.4 is 15.5 Å². The molecule has 2 saturated heterocycles. The van der Waals surface area contributed by atoms with Crippen LogP contribution in [0.15, 0.2) is 58.5 Å². The molecular formula is C24H24N6O3S. The van der Waals surface area contributed by atoms with Gasteiger partial charge in [0.25, 0.3) is 11.1 Å². The second-order valence-corrected chi connectivity index (χ2v) is 9.27. The molecule has 3 aromatic heterocycles. The number of imide groups is 1. The Morgan fingerprint density at radius 1 is 1.18 bits per heavy atom. The Morgan fingerprint density at radius 3 is 2.79 bits per heavy atom. The number of amides is 2. The van der Waals surface area contributed by atoms with E-state index in [1.54, 1.807) is 30.9 Å². The number of pyridine rings is 1. The number of aromatic nitrogens is 3. The fourth-order valence-corrected chi connectivity index (χ4v) is 4.73. The molecule has 0 bridgehead atoms. The molecule has 2 amide bonds. The maximum absolute atomic E-state index is 11.8. The van der Waals surface area contributed by atoms with Crippen molar-refractivity contribution < 1.29 is 14.0 Å². The Hall–Kier alpha value is -3.50. The molecule has 0 radical (unpaired) electrons. The number of furan rings is 1. The van der Waals surface area contributed by atoms with Crippen LogP contribution in [0.25, 0.3) is 17.3 Å². The number of carbonyl (C=O) groups is 2. The molecule has 0 spiro atoms. The monoisotopic (exact) mass is 476 g/mol. The van der Waals surface area contributed by atoms with Crippen LogP contribution >= 0.6 is 11.8 Å². The lowest BCUT2D eigenvalue weighted by atomic mass is 9.97. The number of piperidine rings is 1. The molecule has 5 rings (SSSR count). The molecule has 10 heteroatoms. The van der Waals surface area contributed by atoms with Gasteiger partial charge < -0.3 is 14.6 Å². The summed E-state index contributed by atoms with van der Waals surface area (Å²) < 4.78 is 5.15. The van der Waals surface area contributed by atoms with E-state index in [0.717, 1.165) is 62.0 Å². The number of anilines is 1. The highest BCUT2D eigenvalue weighted by Crippen LogP contribution is 2.26. The van der Waals surface area contributed by atoms with Gasteiger partial charge >= 0.3 is 0 Å². The quantitative estimate of drug-likeness (QED) is 0.495. The third kappa shape index (κ3) is 5.35. The van der Waals surface area contributed by atoms with Crippen molar-refractivity contribution in [1.29, 1.82) is 0 Å². The van der Waals surface area contributed by atoms with Gasteiger partial charge in [-0.2, -0.15) is 0 Å².